The minimum atomic E-state index is -0.358. The molecule has 1 heterocycles. The Labute approximate surface area is 149 Å². The van der Waals surface area contributed by atoms with Gasteiger partial charge in [0.1, 0.15) is 0 Å². The summed E-state index contributed by atoms with van der Waals surface area (Å²) in [6.45, 7) is 1.87. The number of carbonyl (C=O) groups excluding carboxylic acids is 2. The molecule has 126 valence electrons. The van der Waals surface area contributed by atoms with Gasteiger partial charge in [0.25, 0.3) is 11.8 Å². The molecule has 3 aromatic rings. The van der Waals surface area contributed by atoms with Crippen molar-refractivity contribution in [2.45, 2.75) is 6.92 Å². The first-order chi connectivity index (χ1) is 12.0. The van der Waals surface area contributed by atoms with Crippen LogP contribution in [0.3, 0.4) is 0 Å². The van der Waals surface area contributed by atoms with Crippen molar-refractivity contribution in [2.75, 3.05) is 10.6 Å². The molecule has 0 radical (unpaired) electrons. The van der Waals surface area contributed by atoms with Gasteiger partial charge < -0.3 is 15.1 Å². The quantitative estimate of drug-likeness (QED) is 0.710. The monoisotopic (exact) mass is 354 g/mol. The molecular weight excluding hydrogens is 340 g/mol. The van der Waals surface area contributed by atoms with E-state index < -0.39 is 0 Å². The molecule has 0 atom stereocenters. The number of halogens is 1. The second kappa shape index (κ2) is 7.23. The van der Waals surface area contributed by atoms with Gasteiger partial charge in [0.05, 0.1) is 6.26 Å². The Morgan fingerprint density at radius 1 is 0.960 bits per heavy atom. The molecule has 0 fully saturated rings. The van der Waals surface area contributed by atoms with Crippen molar-refractivity contribution in [3.63, 3.8) is 0 Å². The third-order valence-electron chi connectivity index (χ3n) is 3.60. The zero-order chi connectivity index (χ0) is 17.8. The van der Waals surface area contributed by atoms with E-state index in [-0.39, 0.29) is 17.6 Å². The summed E-state index contributed by atoms with van der Waals surface area (Å²) in [6.07, 6.45) is 1.43. The Kier molecular flexibility index (Phi) is 4.86. The second-order valence-electron chi connectivity index (χ2n) is 5.42. The summed E-state index contributed by atoms with van der Waals surface area (Å²) in [7, 11) is 0. The maximum absolute atomic E-state index is 12.3. The van der Waals surface area contributed by atoms with E-state index in [2.05, 4.69) is 10.6 Å². The molecule has 0 spiro atoms. The van der Waals surface area contributed by atoms with Crippen LogP contribution >= 0.6 is 11.6 Å². The van der Waals surface area contributed by atoms with Gasteiger partial charge in [-0.2, -0.15) is 0 Å². The van der Waals surface area contributed by atoms with Gasteiger partial charge in [-0.05, 0) is 61.0 Å². The minimum absolute atomic E-state index is 0.215. The van der Waals surface area contributed by atoms with Crippen LogP contribution in [0.4, 0.5) is 11.4 Å². The molecule has 0 aliphatic carbocycles. The van der Waals surface area contributed by atoms with Crippen LogP contribution in [0.25, 0.3) is 0 Å². The number of hydrogen-bond donors (Lipinski definition) is 2. The van der Waals surface area contributed by atoms with Crippen LogP contribution in [0.5, 0.6) is 0 Å². The summed E-state index contributed by atoms with van der Waals surface area (Å²) in [6, 6.07) is 15.1. The van der Waals surface area contributed by atoms with Gasteiger partial charge in [-0.3, -0.25) is 9.59 Å². The van der Waals surface area contributed by atoms with Crippen molar-refractivity contribution in [3.8, 4) is 0 Å². The lowest BCUT2D eigenvalue weighted by Crippen LogP contribution is -2.14. The summed E-state index contributed by atoms with van der Waals surface area (Å²) in [5, 5.41) is 6.13. The van der Waals surface area contributed by atoms with Crippen molar-refractivity contribution in [1.29, 1.82) is 0 Å². The number of rotatable bonds is 4. The highest BCUT2D eigenvalue weighted by molar-refractivity contribution is 6.30. The number of carbonyl (C=O) groups is 2. The summed E-state index contributed by atoms with van der Waals surface area (Å²) in [4.78, 5) is 24.4. The number of hydrogen-bond acceptors (Lipinski definition) is 3. The molecule has 6 heteroatoms. The molecule has 0 saturated heterocycles. The highest BCUT2D eigenvalue weighted by Gasteiger charge is 2.11. The first kappa shape index (κ1) is 16.8. The fraction of sp³-hybridized carbons (Fsp3) is 0.0526. The predicted octanol–water partition coefficient (Wildman–Crippen LogP) is 4.75. The standard InChI is InChI=1S/C19H15ClN2O3/c1-12-4-9-15(21-19(24)17-3-2-10-25-17)11-16(12)22-18(23)13-5-7-14(20)8-6-13/h2-11H,1H3,(H,21,24)(H,22,23). The van der Waals surface area contributed by atoms with Crippen molar-refractivity contribution in [1.82, 2.24) is 0 Å². The fourth-order valence-electron chi connectivity index (χ4n) is 2.23. The first-order valence-corrected chi connectivity index (χ1v) is 7.93. The Morgan fingerprint density at radius 2 is 1.72 bits per heavy atom. The molecule has 5 nitrogen and oxygen atoms in total. The highest BCUT2D eigenvalue weighted by Crippen LogP contribution is 2.22. The van der Waals surface area contributed by atoms with Crippen LogP contribution in [-0.2, 0) is 0 Å². The molecule has 0 unspecified atom stereocenters. The molecule has 3 rings (SSSR count). The lowest BCUT2D eigenvalue weighted by atomic mass is 10.1. The summed E-state index contributed by atoms with van der Waals surface area (Å²) in [5.41, 5.74) is 2.53. The van der Waals surface area contributed by atoms with E-state index in [9.17, 15) is 9.59 Å². The molecule has 0 aliphatic rings. The van der Waals surface area contributed by atoms with Crippen molar-refractivity contribution < 1.29 is 14.0 Å². The fourth-order valence-corrected chi connectivity index (χ4v) is 2.36. The third kappa shape index (κ3) is 4.08. The number of nitrogens with one attached hydrogen (secondary N) is 2. The summed E-state index contributed by atoms with van der Waals surface area (Å²) < 4.78 is 5.06. The Hall–Kier alpha value is -3.05. The molecule has 0 bridgehead atoms. The van der Waals surface area contributed by atoms with Crippen LogP contribution in [0.2, 0.25) is 5.02 Å². The lowest BCUT2D eigenvalue weighted by molar-refractivity contribution is 0.0995. The Balaban J connectivity index is 1.76. The molecule has 2 amide bonds. The van der Waals surface area contributed by atoms with E-state index in [0.29, 0.717) is 22.0 Å². The smallest absolute Gasteiger partial charge is 0.291 e. The van der Waals surface area contributed by atoms with Gasteiger partial charge in [-0.1, -0.05) is 17.7 Å². The zero-order valence-electron chi connectivity index (χ0n) is 13.4. The molecule has 1 aromatic heterocycles. The number of anilines is 2. The van der Waals surface area contributed by atoms with Crippen LogP contribution < -0.4 is 10.6 Å². The molecule has 0 saturated carbocycles. The van der Waals surface area contributed by atoms with Gasteiger partial charge in [0, 0.05) is 22.0 Å². The van der Waals surface area contributed by atoms with Crippen LogP contribution in [0, 0.1) is 6.92 Å². The normalized spacial score (nSPS) is 10.3. The SMILES string of the molecule is Cc1ccc(NC(=O)c2ccco2)cc1NC(=O)c1ccc(Cl)cc1. The van der Waals surface area contributed by atoms with Gasteiger partial charge in [0.2, 0.25) is 0 Å². The Bertz CT molecular complexity index is 903. The number of furan rings is 1. The largest absolute Gasteiger partial charge is 0.459 e. The van der Waals surface area contributed by atoms with Crippen molar-refractivity contribution >= 4 is 34.8 Å². The van der Waals surface area contributed by atoms with Gasteiger partial charge in [-0.15, -0.1) is 0 Å². The zero-order valence-corrected chi connectivity index (χ0v) is 14.1. The maximum Gasteiger partial charge on any atom is 0.291 e. The topological polar surface area (TPSA) is 71.3 Å². The van der Waals surface area contributed by atoms with Crippen LogP contribution in [0.1, 0.15) is 26.5 Å². The van der Waals surface area contributed by atoms with Crippen LogP contribution in [-0.4, -0.2) is 11.8 Å². The second-order valence-corrected chi connectivity index (χ2v) is 5.86. The number of benzene rings is 2. The lowest BCUT2D eigenvalue weighted by Gasteiger charge is -2.11. The van der Waals surface area contributed by atoms with Gasteiger partial charge in [-0.25, -0.2) is 0 Å². The summed E-state index contributed by atoms with van der Waals surface area (Å²) in [5.74, 6) is -0.398. The average Bonchev–Trinajstić information content (AvgIpc) is 3.13. The molecule has 2 aromatic carbocycles. The van der Waals surface area contributed by atoms with E-state index >= 15 is 0 Å². The van der Waals surface area contributed by atoms with Gasteiger partial charge >= 0.3 is 0 Å². The van der Waals surface area contributed by atoms with Crippen molar-refractivity contribution in [3.05, 3.63) is 82.8 Å². The van der Waals surface area contributed by atoms with Crippen LogP contribution in [0.15, 0.2) is 65.3 Å². The average molecular weight is 355 g/mol. The molecule has 25 heavy (non-hydrogen) atoms. The first-order valence-electron chi connectivity index (χ1n) is 7.55. The number of amides is 2. The van der Waals surface area contributed by atoms with Crippen molar-refractivity contribution in [2.24, 2.45) is 0 Å². The molecular formula is C19H15ClN2O3. The number of aryl methyl sites for hydroxylation is 1. The van der Waals surface area contributed by atoms with E-state index in [1.807, 2.05) is 13.0 Å². The third-order valence-corrected chi connectivity index (χ3v) is 3.85. The van der Waals surface area contributed by atoms with Gasteiger partial charge in [0.15, 0.2) is 5.76 Å². The predicted molar refractivity (Wildman–Crippen MR) is 97.2 cm³/mol. The molecule has 0 aliphatic heterocycles. The maximum atomic E-state index is 12.3. The van der Waals surface area contributed by atoms with E-state index in [4.69, 9.17) is 16.0 Å². The summed E-state index contributed by atoms with van der Waals surface area (Å²) >= 11 is 5.83. The Morgan fingerprint density at radius 3 is 2.40 bits per heavy atom. The van der Waals surface area contributed by atoms with E-state index in [1.54, 1.807) is 48.5 Å². The molecule has 2 N–H and O–H groups in total. The highest BCUT2D eigenvalue weighted by atomic mass is 35.5. The van der Waals surface area contributed by atoms with E-state index in [0.717, 1.165) is 5.56 Å². The van der Waals surface area contributed by atoms with E-state index in [1.165, 1.54) is 6.26 Å². The minimum Gasteiger partial charge on any atom is -0.459 e.